The van der Waals surface area contributed by atoms with Gasteiger partial charge in [0.25, 0.3) is 0 Å². The van der Waals surface area contributed by atoms with Crippen molar-refractivity contribution in [3.8, 4) is 5.75 Å². The van der Waals surface area contributed by atoms with E-state index >= 15 is 0 Å². The van der Waals surface area contributed by atoms with Crippen molar-refractivity contribution in [2.75, 3.05) is 6.61 Å². The van der Waals surface area contributed by atoms with E-state index in [-0.39, 0.29) is 0 Å². The molecule has 0 fully saturated rings. The quantitative estimate of drug-likeness (QED) is 0.696. The van der Waals surface area contributed by atoms with Crippen LogP contribution in [0.25, 0.3) is 0 Å². The molecule has 0 saturated heterocycles. The predicted molar refractivity (Wildman–Crippen MR) is 98.2 cm³/mol. The van der Waals surface area contributed by atoms with Gasteiger partial charge in [-0.1, -0.05) is 57.2 Å². The third-order valence-electron chi connectivity index (χ3n) is 3.15. The zero-order chi connectivity index (χ0) is 17.0. The fourth-order valence-electron chi connectivity index (χ4n) is 1.75. The minimum Gasteiger partial charge on any atom is -0.494 e. The summed E-state index contributed by atoms with van der Waals surface area (Å²) in [5.41, 5.74) is 8.59. The lowest BCUT2D eigenvalue weighted by Gasteiger charge is -2.06. The first-order chi connectivity index (χ1) is 10.4. The monoisotopic (exact) mass is 301 g/mol. The predicted octanol–water partition coefficient (Wildman–Crippen LogP) is 5.58. The Kier molecular flexibility index (Phi) is 10.6. The molecule has 1 rings (SSSR count). The molecule has 0 radical (unpaired) electrons. The number of allylic oxidation sites excluding steroid dienone is 4. The maximum atomic E-state index is 5.34. The highest BCUT2D eigenvalue weighted by Crippen LogP contribution is 2.18. The Morgan fingerprint density at radius 2 is 1.77 bits per heavy atom. The number of rotatable bonds is 6. The molecule has 0 unspecified atom stereocenters. The van der Waals surface area contributed by atoms with E-state index in [1.807, 2.05) is 38.1 Å². The largest absolute Gasteiger partial charge is 0.494 e. The lowest BCUT2D eigenvalue weighted by Crippen LogP contribution is -1.92. The van der Waals surface area contributed by atoms with Crippen molar-refractivity contribution < 1.29 is 4.74 Å². The van der Waals surface area contributed by atoms with E-state index in [0.29, 0.717) is 11.6 Å². The molecule has 0 bridgehead atoms. The third kappa shape index (κ3) is 9.06. The summed E-state index contributed by atoms with van der Waals surface area (Å²) in [5.74, 6) is 1.56. The Balaban J connectivity index is 0.000000409. The maximum Gasteiger partial charge on any atom is 0.119 e. The van der Waals surface area contributed by atoms with E-state index in [1.165, 1.54) is 11.1 Å². The molecule has 1 aromatic carbocycles. The summed E-state index contributed by atoms with van der Waals surface area (Å²) >= 11 is 0. The zero-order valence-electron chi connectivity index (χ0n) is 14.7. The average Bonchev–Trinajstić information content (AvgIpc) is 2.49. The summed E-state index contributed by atoms with van der Waals surface area (Å²) < 4.78 is 5.34. The molecule has 22 heavy (non-hydrogen) atoms. The van der Waals surface area contributed by atoms with E-state index < -0.39 is 0 Å². The van der Waals surface area contributed by atoms with Gasteiger partial charge in [-0.15, -0.1) is 0 Å². The van der Waals surface area contributed by atoms with Crippen LogP contribution < -0.4 is 10.5 Å². The fourth-order valence-corrected chi connectivity index (χ4v) is 1.75. The van der Waals surface area contributed by atoms with Gasteiger partial charge in [0.05, 0.1) is 6.61 Å². The van der Waals surface area contributed by atoms with Crippen LogP contribution in [0.2, 0.25) is 0 Å². The van der Waals surface area contributed by atoms with Crippen LogP contribution in [0.5, 0.6) is 5.75 Å². The lowest BCUT2D eigenvalue weighted by atomic mass is 10.0. The van der Waals surface area contributed by atoms with Crippen LogP contribution in [0.15, 0.2) is 60.3 Å². The molecule has 0 aliphatic rings. The Morgan fingerprint density at radius 3 is 2.14 bits per heavy atom. The van der Waals surface area contributed by atoms with Gasteiger partial charge in [0.15, 0.2) is 0 Å². The first-order valence-corrected chi connectivity index (χ1v) is 7.94. The van der Waals surface area contributed by atoms with Crippen LogP contribution in [0.3, 0.4) is 0 Å². The molecule has 0 heterocycles. The second kappa shape index (κ2) is 11.7. The van der Waals surface area contributed by atoms with Gasteiger partial charge in [-0.25, -0.2) is 0 Å². The summed E-state index contributed by atoms with van der Waals surface area (Å²) in [4.78, 5) is 0. The van der Waals surface area contributed by atoms with Gasteiger partial charge >= 0.3 is 0 Å². The summed E-state index contributed by atoms with van der Waals surface area (Å²) in [5, 5.41) is 0. The van der Waals surface area contributed by atoms with E-state index in [2.05, 4.69) is 45.6 Å². The first kappa shape index (κ1) is 20.0. The summed E-state index contributed by atoms with van der Waals surface area (Å²) in [6.45, 7) is 14.8. The van der Waals surface area contributed by atoms with Crippen molar-refractivity contribution >= 4 is 0 Å². The average molecular weight is 301 g/mol. The minimum atomic E-state index is 0.598. The van der Waals surface area contributed by atoms with Crippen molar-refractivity contribution in [1.29, 1.82) is 0 Å². The molecule has 0 aliphatic carbocycles. The van der Waals surface area contributed by atoms with Crippen LogP contribution in [0, 0.1) is 0 Å². The molecule has 1 aromatic rings. The highest BCUT2D eigenvalue weighted by molar-refractivity contribution is 5.28. The van der Waals surface area contributed by atoms with Crippen LogP contribution in [-0.2, 0) is 0 Å². The van der Waals surface area contributed by atoms with Crippen molar-refractivity contribution in [2.45, 2.75) is 47.0 Å². The molecule has 0 spiro atoms. The standard InChI is InChI=1S/C11H16O.C9H15N/c1-4-12-11-7-5-10(6-8-11)9(2)3;1-4-9(5-2)7-6-8(3)10/h5-9H,4H2,1-3H3;4,6-7H,3,5,10H2,1-2H3/b;7-6-,9-4?. The van der Waals surface area contributed by atoms with Crippen molar-refractivity contribution in [2.24, 2.45) is 5.73 Å². The molecule has 0 atom stereocenters. The van der Waals surface area contributed by atoms with E-state index in [4.69, 9.17) is 10.5 Å². The summed E-state index contributed by atoms with van der Waals surface area (Å²) in [6, 6.07) is 8.29. The summed E-state index contributed by atoms with van der Waals surface area (Å²) in [6.07, 6.45) is 6.92. The van der Waals surface area contributed by atoms with E-state index in [0.717, 1.165) is 18.8 Å². The van der Waals surface area contributed by atoms with Crippen molar-refractivity contribution in [3.05, 3.63) is 65.9 Å². The van der Waals surface area contributed by atoms with Crippen LogP contribution in [0.1, 0.15) is 52.5 Å². The van der Waals surface area contributed by atoms with Crippen LogP contribution in [-0.4, -0.2) is 6.61 Å². The maximum absolute atomic E-state index is 5.34. The van der Waals surface area contributed by atoms with Gasteiger partial charge in [0.2, 0.25) is 0 Å². The molecule has 122 valence electrons. The number of nitrogens with two attached hydrogens (primary N) is 1. The van der Waals surface area contributed by atoms with Crippen LogP contribution in [0.4, 0.5) is 0 Å². The van der Waals surface area contributed by atoms with Gasteiger partial charge in [-0.05, 0) is 50.0 Å². The van der Waals surface area contributed by atoms with Gasteiger partial charge in [-0.2, -0.15) is 0 Å². The number of benzene rings is 1. The van der Waals surface area contributed by atoms with Crippen molar-refractivity contribution in [3.63, 3.8) is 0 Å². The molecule has 0 saturated carbocycles. The zero-order valence-corrected chi connectivity index (χ0v) is 14.7. The molecular weight excluding hydrogens is 270 g/mol. The lowest BCUT2D eigenvalue weighted by molar-refractivity contribution is 0.340. The number of hydrogen-bond acceptors (Lipinski definition) is 2. The van der Waals surface area contributed by atoms with E-state index in [9.17, 15) is 0 Å². The Morgan fingerprint density at radius 1 is 1.18 bits per heavy atom. The summed E-state index contributed by atoms with van der Waals surface area (Å²) in [7, 11) is 0. The molecule has 0 aromatic heterocycles. The smallest absolute Gasteiger partial charge is 0.119 e. The van der Waals surface area contributed by atoms with Gasteiger partial charge in [-0.3, -0.25) is 0 Å². The molecular formula is C20H31NO. The van der Waals surface area contributed by atoms with Crippen molar-refractivity contribution in [1.82, 2.24) is 0 Å². The Hall–Kier alpha value is -1.96. The fraction of sp³-hybridized carbons (Fsp3) is 0.400. The molecule has 2 nitrogen and oxygen atoms in total. The molecule has 2 N–H and O–H groups in total. The highest BCUT2D eigenvalue weighted by atomic mass is 16.5. The molecule has 2 heteroatoms. The normalized spacial score (nSPS) is 11.3. The molecule has 0 amide bonds. The third-order valence-corrected chi connectivity index (χ3v) is 3.15. The van der Waals surface area contributed by atoms with Gasteiger partial charge in [0, 0.05) is 5.70 Å². The second-order valence-corrected chi connectivity index (χ2v) is 5.28. The Labute approximate surface area is 136 Å². The second-order valence-electron chi connectivity index (χ2n) is 5.28. The SMILES string of the molecule is C=C(N)/C=C\C(=CC)CC.CCOc1ccc(C(C)C)cc1. The topological polar surface area (TPSA) is 35.2 Å². The number of hydrogen-bond donors (Lipinski definition) is 1. The number of ether oxygens (including phenoxy) is 1. The van der Waals surface area contributed by atoms with Crippen LogP contribution >= 0.6 is 0 Å². The highest BCUT2D eigenvalue weighted by Gasteiger charge is 1.98. The Bertz CT molecular complexity index is 481. The molecule has 0 aliphatic heterocycles. The van der Waals surface area contributed by atoms with Gasteiger partial charge < -0.3 is 10.5 Å². The minimum absolute atomic E-state index is 0.598. The van der Waals surface area contributed by atoms with Gasteiger partial charge in [0.1, 0.15) is 5.75 Å². The first-order valence-electron chi connectivity index (χ1n) is 7.94. The van der Waals surface area contributed by atoms with E-state index in [1.54, 1.807) is 0 Å².